The van der Waals surface area contributed by atoms with Crippen LogP contribution < -0.4 is 5.32 Å². The highest BCUT2D eigenvalue weighted by Gasteiger charge is 2.48. The lowest BCUT2D eigenvalue weighted by molar-refractivity contribution is -0.297. The highest BCUT2D eigenvalue weighted by atomic mass is 32.3. The van der Waals surface area contributed by atoms with Crippen molar-refractivity contribution in [3.63, 3.8) is 0 Å². The van der Waals surface area contributed by atoms with Gasteiger partial charge in [-0.05, 0) is 19.3 Å². The molecule has 53 heavy (non-hydrogen) atoms. The van der Waals surface area contributed by atoms with Crippen LogP contribution in [-0.4, -0.2) is 95.4 Å². The minimum absolute atomic E-state index is 0.259. The van der Waals surface area contributed by atoms with Gasteiger partial charge in [-0.3, -0.25) is 9.35 Å². The summed E-state index contributed by atoms with van der Waals surface area (Å²) in [6.45, 7) is 3.36. The highest BCUT2D eigenvalue weighted by Crippen LogP contribution is 2.26. The van der Waals surface area contributed by atoms with Gasteiger partial charge in [0.2, 0.25) is 5.91 Å². The Hall–Kier alpha value is -1.16. The summed E-state index contributed by atoms with van der Waals surface area (Å²) in [4.78, 5) is 13.0. The number of carbonyl (C=O) groups is 1. The number of aliphatic hydroxyl groups is 4. The van der Waals surface area contributed by atoms with Gasteiger partial charge in [0.15, 0.2) is 12.4 Å². The fourth-order valence-corrected chi connectivity index (χ4v) is 7.22. The molecule has 7 atom stereocenters. The molecule has 0 aromatic carbocycles. The number of hydrogen-bond donors (Lipinski definition) is 6. The van der Waals surface area contributed by atoms with Crippen LogP contribution in [0.15, 0.2) is 12.2 Å². The smallest absolute Gasteiger partial charge is 0.394 e. The Morgan fingerprint density at radius 3 is 1.64 bits per heavy atom. The molecule has 1 heterocycles. The first-order valence-corrected chi connectivity index (χ1v) is 22.4. The van der Waals surface area contributed by atoms with Gasteiger partial charge in [-0.25, -0.2) is 4.18 Å². The predicted octanol–water partition coefficient (Wildman–Crippen LogP) is 7.21. The number of allylic oxidation sites excluding steroid dienone is 1. The van der Waals surface area contributed by atoms with E-state index in [4.69, 9.17) is 9.47 Å². The molecule has 1 rings (SSSR count). The number of rotatable bonds is 35. The normalized spacial score (nSPS) is 22.0. The van der Waals surface area contributed by atoms with E-state index in [1.54, 1.807) is 6.08 Å². The molecule has 1 saturated heterocycles. The number of hydrogen-bond acceptors (Lipinski definition) is 10. The third-order valence-corrected chi connectivity index (χ3v) is 10.5. The Morgan fingerprint density at radius 1 is 0.736 bits per heavy atom. The van der Waals surface area contributed by atoms with Crippen molar-refractivity contribution < 1.29 is 51.8 Å². The molecule has 0 unspecified atom stereocenters. The van der Waals surface area contributed by atoms with Crippen molar-refractivity contribution in [1.29, 1.82) is 0 Å². The van der Waals surface area contributed by atoms with Crippen molar-refractivity contribution in [3.8, 4) is 0 Å². The first kappa shape index (κ1) is 49.9. The van der Waals surface area contributed by atoms with E-state index in [-0.39, 0.29) is 18.9 Å². The van der Waals surface area contributed by atoms with Crippen LogP contribution in [0, 0.1) is 0 Å². The molecule has 1 fully saturated rings. The summed E-state index contributed by atoms with van der Waals surface area (Å²) in [5.41, 5.74) is 0. The molecule has 0 saturated carbocycles. The summed E-state index contributed by atoms with van der Waals surface area (Å²) in [6.07, 6.45) is 23.8. The second kappa shape index (κ2) is 32.0. The van der Waals surface area contributed by atoms with E-state index in [1.807, 2.05) is 6.08 Å². The second-order valence-corrected chi connectivity index (χ2v) is 16.0. The second-order valence-electron chi connectivity index (χ2n) is 14.9. The molecule has 0 spiro atoms. The lowest BCUT2D eigenvalue weighted by Gasteiger charge is -2.41. The molecule has 1 aliphatic heterocycles. The summed E-state index contributed by atoms with van der Waals surface area (Å²) < 4.78 is 47.9. The van der Waals surface area contributed by atoms with E-state index < -0.39 is 59.9 Å². The first-order valence-electron chi connectivity index (χ1n) is 21.1. The maximum Gasteiger partial charge on any atom is 0.397 e. The molecule has 0 radical (unpaired) electrons. The summed E-state index contributed by atoms with van der Waals surface area (Å²) in [6, 6.07) is -0.968. The number of aliphatic hydroxyl groups excluding tert-OH is 4. The molecule has 13 heteroatoms. The van der Waals surface area contributed by atoms with Crippen LogP contribution in [0.3, 0.4) is 0 Å². The maximum absolute atomic E-state index is 13.0. The molecule has 0 aromatic heterocycles. The SMILES string of the molecule is CCCCCCCCCCCCC/C=C/[C@@H](O)[C@H](CO[C@@H]1O[C@H](CO)[C@H](O)[C@H](O)[C@H]1OS(=O)(=O)O)NC(=O)CCCCCCCCCCCCCCC. The van der Waals surface area contributed by atoms with Gasteiger partial charge in [0.1, 0.15) is 18.3 Å². The predicted molar refractivity (Wildman–Crippen MR) is 209 cm³/mol. The van der Waals surface area contributed by atoms with Gasteiger partial charge in [0.25, 0.3) is 0 Å². The minimum Gasteiger partial charge on any atom is -0.394 e. The summed E-state index contributed by atoms with van der Waals surface area (Å²) >= 11 is 0. The zero-order chi connectivity index (χ0) is 39.2. The number of ether oxygens (including phenoxy) is 2. The van der Waals surface area contributed by atoms with Crippen LogP contribution in [0.1, 0.15) is 181 Å². The van der Waals surface area contributed by atoms with E-state index in [9.17, 15) is 38.2 Å². The van der Waals surface area contributed by atoms with E-state index in [1.165, 1.54) is 116 Å². The van der Waals surface area contributed by atoms with Gasteiger partial charge in [0.05, 0.1) is 25.4 Å². The number of unbranched alkanes of at least 4 members (excludes halogenated alkanes) is 23. The molecule has 1 amide bonds. The quantitative estimate of drug-likeness (QED) is 0.0216. The maximum atomic E-state index is 13.0. The third-order valence-electron chi connectivity index (χ3n) is 10.1. The molecule has 0 aromatic rings. The summed E-state index contributed by atoms with van der Waals surface area (Å²) in [7, 11) is -5.09. The van der Waals surface area contributed by atoms with Crippen molar-refractivity contribution in [1.82, 2.24) is 5.32 Å². The lowest BCUT2D eigenvalue weighted by atomic mass is 9.99. The Kier molecular flexibility index (Phi) is 30.1. The van der Waals surface area contributed by atoms with E-state index >= 15 is 0 Å². The van der Waals surface area contributed by atoms with Crippen LogP contribution in [0.4, 0.5) is 0 Å². The molecule has 0 bridgehead atoms. The monoisotopic (exact) mass is 780 g/mol. The van der Waals surface area contributed by atoms with E-state index in [0.717, 1.165) is 38.5 Å². The lowest BCUT2D eigenvalue weighted by Crippen LogP contribution is -2.61. The van der Waals surface area contributed by atoms with Gasteiger partial charge in [-0.2, -0.15) is 8.42 Å². The third kappa shape index (κ3) is 25.6. The average Bonchev–Trinajstić information content (AvgIpc) is 3.12. The van der Waals surface area contributed by atoms with Crippen molar-refractivity contribution in [3.05, 3.63) is 12.2 Å². The van der Waals surface area contributed by atoms with Crippen molar-refractivity contribution >= 4 is 16.3 Å². The average molecular weight is 780 g/mol. The molecule has 0 aliphatic carbocycles. The Bertz CT molecular complexity index is 1010. The van der Waals surface area contributed by atoms with Gasteiger partial charge in [-0.1, -0.05) is 167 Å². The van der Waals surface area contributed by atoms with Gasteiger partial charge in [0, 0.05) is 6.42 Å². The van der Waals surface area contributed by atoms with Gasteiger partial charge < -0.3 is 35.2 Å². The van der Waals surface area contributed by atoms with Crippen LogP contribution in [0.25, 0.3) is 0 Å². The molecule has 6 N–H and O–H groups in total. The van der Waals surface area contributed by atoms with Crippen LogP contribution in [0.2, 0.25) is 0 Å². The number of nitrogens with one attached hydrogen (secondary N) is 1. The number of carbonyl (C=O) groups excluding carboxylic acids is 1. The zero-order valence-corrected chi connectivity index (χ0v) is 33.9. The van der Waals surface area contributed by atoms with Crippen LogP contribution in [0.5, 0.6) is 0 Å². The van der Waals surface area contributed by atoms with Crippen LogP contribution in [-0.2, 0) is 28.9 Å². The topological polar surface area (TPSA) is 192 Å². The van der Waals surface area contributed by atoms with Crippen molar-refractivity contribution in [2.24, 2.45) is 0 Å². The molecular weight excluding hydrogens is 703 g/mol. The Labute approximate surface area is 321 Å². The number of amides is 1. The van der Waals surface area contributed by atoms with E-state index in [2.05, 4.69) is 23.3 Å². The van der Waals surface area contributed by atoms with Gasteiger partial charge in [-0.15, -0.1) is 0 Å². The standard InChI is InChI=1S/C40H77NO11S/c1-3-5-7-9-11-13-15-17-19-21-23-25-27-29-34(43)33(32-50-40-39(52-53(47,48)49)38(46)37(45)35(31-42)51-40)41-36(44)30-28-26-24-22-20-18-16-14-12-10-8-6-4-2/h27,29,33-35,37-40,42-43,45-46H,3-26,28,30-32H2,1-2H3,(H,41,44)(H,47,48,49)/b29-27+/t33-,34+,35+,37-,38-,39+,40+/m0/s1. The van der Waals surface area contributed by atoms with Crippen molar-refractivity contribution in [2.75, 3.05) is 13.2 Å². The van der Waals surface area contributed by atoms with Gasteiger partial charge >= 0.3 is 10.4 Å². The summed E-state index contributed by atoms with van der Waals surface area (Å²) in [5.74, 6) is -0.279. The van der Waals surface area contributed by atoms with Crippen LogP contribution >= 0.6 is 0 Å². The fourth-order valence-electron chi connectivity index (χ4n) is 6.74. The Morgan fingerprint density at radius 2 is 1.19 bits per heavy atom. The van der Waals surface area contributed by atoms with E-state index in [0.29, 0.717) is 6.42 Å². The first-order chi connectivity index (χ1) is 25.5. The molecule has 1 aliphatic rings. The highest BCUT2D eigenvalue weighted by molar-refractivity contribution is 7.80. The molecular formula is C40H77NO11S. The zero-order valence-electron chi connectivity index (χ0n) is 33.1. The van der Waals surface area contributed by atoms with Crippen molar-refractivity contribution in [2.45, 2.75) is 224 Å². The summed E-state index contributed by atoms with van der Waals surface area (Å²) in [5, 5.41) is 44.2. The Balaban J connectivity index is 2.62. The molecule has 314 valence electrons. The largest absolute Gasteiger partial charge is 0.397 e. The molecule has 12 nitrogen and oxygen atoms in total. The fraction of sp³-hybridized carbons (Fsp3) is 0.925. The minimum atomic E-state index is -5.09.